The van der Waals surface area contributed by atoms with Gasteiger partial charge in [-0.2, -0.15) is 0 Å². The zero-order valence-corrected chi connectivity index (χ0v) is 13.9. The van der Waals surface area contributed by atoms with Gasteiger partial charge >= 0.3 is 5.97 Å². The van der Waals surface area contributed by atoms with Gasteiger partial charge in [0.25, 0.3) is 0 Å². The summed E-state index contributed by atoms with van der Waals surface area (Å²) < 4.78 is 10.4. The molecule has 0 aliphatic rings. The van der Waals surface area contributed by atoms with Gasteiger partial charge in [-0.1, -0.05) is 6.07 Å². The number of rotatable bonds is 4. The molecule has 0 spiro atoms. The minimum Gasteiger partial charge on any atom is -0.497 e. The first-order valence-electron chi connectivity index (χ1n) is 6.59. The fourth-order valence-electron chi connectivity index (χ4n) is 1.56. The molecule has 21 heavy (non-hydrogen) atoms. The number of thiocarbonyl (C=S) groups is 1. The van der Waals surface area contributed by atoms with Gasteiger partial charge in [0, 0.05) is 18.8 Å². The summed E-state index contributed by atoms with van der Waals surface area (Å²) in [5.74, 6) is 0.414. The van der Waals surface area contributed by atoms with Crippen LogP contribution in [0.3, 0.4) is 0 Å². The lowest BCUT2D eigenvalue weighted by Gasteiger charge is -2.24. The fourth-order valence-corrected chi connectivity index (χ4v) is 1.74. The predicted molar refractivity (Wildman–Crippen MR) is 87.7 cm³/mol. The van der Waals surface area contributed by atoms with Crippen LogP contribution in [0.4, 0.5) is 5.69 Å². The molecule has 0 radical (unpaired) electrons. The van der Waals surface area contributed by atoms with E-state index in [0.717, 1.165) is 11.4 Å². The third kappa shape index (κ3) is 6.44. The van der Waals surface area contributed by atoms with Crippen LogP contribution >= 0.6 is 12.2 Å². The molecule has 0 fully saturated rings. The zero-order chi connectivity index (χ0) is 16.0. The summed E-state index contributed by atoms with van der Waals surface area (Å²) in [7, 11) is 3.34. The summed E-state index contributed by atoms with van der Waals surface area (Å²) in [5.41, 5.74) is 0.301. The fraction of sp³-hybridized carbons (Fsp3) is 0.467. The van der Waals surface area contributed by atoms with Crippen molar-refractivity contribution in [2.24, 2.45) is 0 Å². The van der Waals surface area contributed by atoms with Gasteiger partial charge in [0.1, 0.15) is 17.9 Å². The summed E-state index contributed by atoms with van der Waals surface area (Å²) >= 11 is 5.26. The summed E-state index contributed by atoms with van der Waals surface area (Å²) in [6, 6.07) is 7.40. The summed E-state index contributed by atoms with van der Waals surface area (Å²) in [6.45, 7) is 5.58. The molecule has 0 aliphatic carbocycles. The summed E-state index contributed by atoms with van der Waals surface area (Å²) in [5, 5.41) is 3.49. The monoisotopic (exact) mass is 310 g/mol. The van der Waals surface area contributed by atoms with Gasteiger partial charge in [-0.3, -0.25) is 4.79 Å². The normalized spacial score (nSPS) is 10.7. The molecule has 1 aromatic carbocycles. The topological polar surface area (TPSA) is 50.8 Å². The number of likely N-dealkylation sites (N-methyl/N-ethyl adjacent to an activating group) is 1. The lowest BCUT2D eigenvalue weighted by atomic mass is 10.2. The SMILES string of the molecule is COc1cccc(NC(=S)N(C)CC(=O)OC(C)(C)C)c1. The second-order valence-electron chi connectivity index (χ2n) is 5.60. The van der Waals surface area contributed by atoms with Crippen LogP contribution in [0.2, 0.25) is 0 Å². The molecule has 1 N–H and O–H groups in total. The lowest BCUT2D eigenvalue weighted by Crippen LogP contribution is -2.38. The Kier molecular flexibility index (Phi) is 5.96. The average molecular weight is 310 g/mol. The largest absolute Gasteiger partial charge is 0.497 e. The Morgan fingerprint density at radius 1 is 1.38 bits per heavy atom. The van der Waals surface area contributed by atoms with Crippen LogP contribution in [-0.2, 0) is 9.53 Å². The number of ether oxygens (including phenoxy) is 2. The van der Waals surface area contributed by atoms with Gasteiger partial charge in [-0.25, -0.2) is 0 Å². The van der Waals surface area contributed by atoms with Crippen LogP contribution in [0.25, 0.3) is 0 Å². The Labute approximate surface area is 131 Å². The quantitative estimate of drug-likeness (QED) is 0.681. The molecule has 116 valence electrons. The third-order valence-electron chi connectivity index (χ3n) is 2.45. The summed E-state index contributed by atoms with van der Waals surface area (Å²) in [4.78, 5) is 13.4. The molecular formula is C15H22N2O3S. The Morgan fingerprint density at radius 2 is 2.05 bits per heavy atom. The molecule has 0 amide bonds. The molecule has 0 saturated heterocycles. The van der Waals surface area contributed by atoms with E-state index in [9.17, 15) is 4.79 Å². The minimum atomic E-state index is -0.500. The highest BCUT2D eigenvalue weighted by molar-refractivity contribution is 7.80. The zero-order valence-electron chi connectivity index (χ0n) is 13.1. The number of nitrogens with zero attached hydrogens (tertiary/aromatic N) is 1. The van der Waals surface area contributed by atoms with Crippen LogP contribution in [0.1, 0.15) is 20.8 Å². The molecule has 0 aliphatic heterocycles. The molecule has 0 unspecified atom stereocenters. The molecule has 0 heterocycles. The number of hydrogen-bond donors (Lipinski definition) is 1. The number of hydrogen-bond acceptors (Lipinski definition) is 4. The number of esters is 1. The number of benzene rings is 1. The van der Waals surface area contributed by atoms with Crippen molar-refractivity contribution in [1.82, 2.24) is 4.90 Å². The maximum atomic E-state index is 11.8. The van der Waals surface area contributed by atoms with Crippen molar-refractivity contribution in [2.45, 2.75) is 26.4 Å². The van der Waals surface area contributed by atoms with E-state index in [2.05, 4.69) is 5.32 Å². The Bertz CT molecular complexity index is 512. The number of methoxy groups -OCH3 is 1. The second-order valence-corrected chi connectivity index (χ2v) is 5.99. The molecule has 0 bridgehead atoms. The minimum absolute atomic E-state index is 0.0903. The van der Waals surface area contributed by atoms with Gasteiger partial charge in [-0.05, 0) is 45.1 Å². The first-order valence-corrected chi connectivity index (χ1v) is 7.00. The summed E-state index contributed by atoms with van der Waals surface area (Å²) in [6.07, 6.45) is 0. The van der Waals surface area contributed by atoms with Crippen molar-refractivity contribution in [3.8, 4) is 5.75 Å². The Morgan fingerprint density at radius 3 is 2.62 bits per heavy atom. The Balaban J connectivity index is 2.56. The van der Waals surface area contributed by atoms with Gasteiger partial charge in [0.05, 0.1) is 7.11 Å². The average Bonchev–Trinajstić information content (AvgIpc) is 2.36. The number of nitrogens with one attached hydrogen (secondary N) is 1. The van der Waals surface area contributed by atoms with Crippen LogP contribution in [0, 0.1) is 0 Å². The molecule has 5 nitrogen and oxygen atoms in total. The first kappa shape index (κ1) is 17.2. The van der Waals surface area contributed by atoms with Crippen molar-refractivity contribution in [1.29, 1.82) is 0 Å². The van der Waals surface area contributed by atoms with Gasteiger partial charge < -0.3 is 19.7 Å². The van der Waals surface area contributed by atoms with E-state index in [1.807, 2.05) is 45.0 Å². The molecule has 1 aromatic rings. The molecule has 1 rings (SSSR count). The molecule has 0 aromatic heterocycles. The van der Waals surface area contributed by atoms with Crippen molar-refractivity contribution >= 4 is 29.0 Å². The van der Waals surface area contributed by atoms with Gasteiger partial charge in [0.2, 0.25) is 0 Å². The lowest BCUT2D eigenvalue weighted by molar-refractivity contribution is -0.154. The van der Waals surface area contributed by atoms with Crippen LogP contribution in [0.15, 0.2) is 24.3 Å². The molecule has 0 saturated carbocycles. The van der Waals surface area contributed by atoms with Crippen LogP contribution in [0.5, 0.6) is 5.75 Å². The number of carbonyl (C=O) groups is 1. The second kappa shape index (κ2) is 7.26. The van der Waals surface area contributed by atoms with Crippen LogP contribution < -0.4 is 10.1 Å². The highest BCUT2D eigenvalue weighted by Gasteiger charge is 2.18. The third-order valence-corrected chi connectivity index (χ3v) is 2.87. The standard InChI is InChI=1S/C15H22N2O3S/c1-15(2,3)20-13(18)10-17(4)14(21)16-11-7-6-8-12(9-11)19-5/h6-9H,10H2,1-5H3,(H,16,21). The van der Waals surface area contributed by atoms with Crippen LogP contribution in [-0.4, -0.2) is 42.3 Å². The molecule has 6 heteroatoms. The molecule has 0 atom stereocenters. The van der Waals surface area contributed by atoms with Crippen molar-refractivity contribution in [2.75, 3.05) is 26.0 Å². The van der Waals surface area contributed by atoms with E-state index in [1.54, 1.807) is 19.1 Å². The highest BCUT2D eigenvalue weighted by Crippen LogP contribution is 2.17. The van der Waals surface area contributed by atoms with E-state index < -0.39 is 5.60 Å². The van der Waals surface area contributed by atoms with E-state index in [1.165, 1.54) is 0 Å². The number of carbonyl (C=O) groups excluding carboxylic acids is 1. The van der Waals surface area contributed by atoms with E-state index >= 15 is 0 Å². The predicted octanol–water partition coefficient (Wildman–Crippen LogP) is 2.67. The van der Waals surface area contributed by atoms with Crippen molar-refractivity contribution < 1.29 is 14.3 Å². The van der Waals surface area contributed by atoms with E-state index in [0.29, 0.717) is 5.11 Å². The van der Waals surface area contributed by atoms with Gasteiger partial charge in [-0.15, -0.1) is 0 Å². The van der Waals surface area contributed by atoms with E-state index in [-0.39, 0.29) is 12.5 Å². The van der Waals surface area contributed by atoms with Gasteiger partial charge in [0.15, 0.2) is 5.11 Å². The van der Waals surface area contributed by atoms with Crippen molar-refractivity contribution in [3.63, 3.8) is 0 Å². The van der Waals surface area contributed by atoms with E-state index in [4.69, 9.17) is 21.7 Å². The maximum absolute atomic E-state index is 11.8. The highest BCUT2D eigenvalue weighted by atomic mass is 32.1. The molecular weight excluding hydrogens is 288 g/mol. The first-order chi connectivity index (χ1) is 9.71. The Hall–Kier alpha value is -1.82. The van der Waals surface area contributed by atoms with Crippen molar-refractivity contribution in [3.05, 3.63) is 24.3 Å². The smallest absolute Gasteiger partial charge is 0.326 e. The maximum Gasteiger partial charge on any atom is 0.326 e. The number of anilines is 1.